The van der Waals surface area contributed by atoms with Gasteiger partial charge in [0.1, 0.15) is 11.1 Å². The van der Waals surface area contributed by atoms with Gasteiger partial charge in [0.15, 0.2) is 0 Å². The van der Waals surface area contributed by atoms with Crippen molar-refractivity contribution >= 4 is 42.1 Å². The second kappa shape index (κ2) is 9.79. The van der Waals surface area contributed by atoms with E-state index in [1.165, 1.54) is 0 Å². The summed E-state index contributed by atoms with van der Waals surface area (Å²) in [5.74, 6) is 0.0346. The van der Waals surface area contributed by atoms with Gasteiger partial charge in [-0.2, -0.15) is 0 Å². The lowest BCUT2D eigenvalue weighted by Gasteiger charge is -2.28. The molecule has 0 aliphatic heterocycles. The number of carbonyl (C=O) groups is 1. The summed E-state index contributed by atoms with van der Waals surface area (Å²) in [6.07, 6.45) is 3.68. The molecule has 0 radical (unpaired) electrons. The number of ether oxygens (including phenoxy) is 1. The molecule has 1 aromatic heterocycles. The number of hydrogen-bond acceptors (Lipinski definition) is 5. The number of hydrogen-bond donors (Lipinski definition) is 1. The van der Waals surface area contributed by atoms with Gasteiger partial charge in [0, 0.05) is 19.0 Å². The molecular formula is C15H27Cl2N3O2S. The summed E-state index contributed by atoms with van der Waals surface area (Å²) in [6, 6.07) is 0. The summed E-state index contributed by atoms with van der Waals surface area (Å²) in [7, 11) is 1.81. The zero-order valence-corrected chi connectivity index (χ0v) is 16.4. The third-order valence-corrected chi connectivity index (χ3v) is 5.06. The molecule has 1 fully saturated rings. The van der Waals surface area contributed by atoms with Gasteiger partial charge in [0.25, 0.3) is 0 Å². The third kappa shape index (κ3) is 5.57. The number of nitrogens with zero attached hydrogens (tertiary/aromatic N) is 2. The van der Waals surface area contributed by atoms with Gasteiger partial charge in [-0.15, -0.1) is 36.2 Å². The highest BCUT2D eigenvalue weighted by Gasteiger charge is 2.38. The van der Waals surface area contributed by atoms with Gasteiger partial charge in [0.05, 0.1) is 17.8 Å². The van der Waals surface area contributed by atoms with E-state index in [9.17, 15) is 4.79 Å². The van der Waals surface area contributed by atoms with E-state index in [2.05, 4.69) is 4.98 Å². The van der Waals surface area contributed by atoms with E-state index in [1.807, 2.05) is 19.2 Å². The van der Waals surface area contributed by atoms with Crippen LogP contribution in [0.15, 0.2) is 5.38 Å². The Morgan fingerprint density at radius 3 is 2.65 bits per heavy atom. The van der Waals surface area contributed by atoms with E-state index in [0.29, 0.717) is 13.2 Å². The zero-order valence-electron chi connectivity index (χ0n) is 13.9. The summed E-state index contributed by atoms with van der Waals surface area (Å²) >= 11 is 1.58. The average Bonchev–Trinajstić information content (AvgIpc) is 3.08. The fourth-order valence-corrected chi connectivity index (χ4v) is 3.63. The number of halogens is 2. The monoisotopic (exact) mass is 383 g/mol. The van der Waals surface area contributed by atoms with E-state index in [4.69, 9.17) is 10.5 Å². The van der Waals surface area contributed by atoms with Gasteiger partial charge in [-0.1, -0.05) is 12.8 Å². The minimum absolute atomic E-state index is 0. The first-order chi connectivity index (χ1) is 9.96. The molecule has 5 nitrogen and oxygen atoms in total. The summed E-state index contributed by atoms with van der Waals surface area (Å²) in [4.78, 5) is 18.7. The van der Waals surface area contributed by atoms with Crippen LogP contribution in [0.5, 0.6) is 0 Å². The fourth-order valence-electron chi connectivity index (χ4n) is 2.82. The molecule has 134 valence electrons. The zero-order chi connectivity index (χ0) is 15.5. The molecule has 0 aromatic carbocycles. The molecule has 1 aliphatic rings. The van der Waals surface area contributed by atoms with Crippen molar-refractivity contribution in [1.82, 2.24) is 9.88 Å². The molecule has 1 unspecified atom stereocenters. The lowest BCUT2D eigenvalue weighted by Crippen LogP contribution is -2.52. The molecule has 0 spiro atoms. The molecule has 1 aromatic rings. The van der Waals surface area contributed by atoms with Gasteiger partial charge in [-0.3, -0.25) is 4.79 Å². The van der Waals surface area contributed by atoms with Crippen LogP contribution in [0.25, 0.3) is 0 Å². The third-order valence-electron chi connectivity index (χ3n) is 4.00. The quantitative estimate of drug-likeness (QED) is 0.817. The Kier molecular flexibility index (Phi) is 9.62. The Bertz CT molecular complexity index is 493. The second-order valence-electron chi connectivity index (χ2n) is 5.80. The van der Waals surface area contributed by atoms with Crippen molar-refractivity contribution in [3.8, 4) is 0 Å². The Balaban J connectivity index is 0.00000242. The summed E-state index contributed by atoms with van der Waals surface area (Å²) in [5, 5.41) is 2.95. The van der Waals surface area contributed by atoms with Crippen LogP contribution in [0.1, 0.15) is 56.3 Å². The Morgan fingerprint density at radius 2 is 2.09 bits per heavy atom. The molecule has 1 saturated carbocycles. The smallest absolute Gasteiger partial charge is 0.242 e. The van der Waals surface area contributed by atoms with Crippen LogP contribution in [0.2, 0.25) is 0 Å². The number of nitrogens with two attached hydrogens (primary N) is 1. The highest BCUT2D eigenvalue weighted by molar-refractivity contribution is 7.09. The van der Waals surface area contributed by atoms with Crippen LogP contribution in [0, 0.1) is 0 Å². The van der Waals surface area contributed by atoms with Crippen LogP contribution in [0.4, 0.5) is 0 Å². The first-order valence-corrected chi connectivity index (χ1v) is 8.44. The molecule has 1 aliphatic carbocycles. The van der Waals surface area contributed by atoms with E-state index >= 15 is 0 Å². The van der Waals surface area contributed by atoms with Crippen molar-refractivity contribution in [3.63, 3.8) is 0 Å². The first-order valence-electron chi connectivity index (χ1n) is 7.56. The van der Waals surface area contributed by atoms with Gasteiger partial charge in [-0.05, 0) is 26.7 Å². The molecule has 23 heavy (non-hydrogen) atoms. The Morgan fingerprint density at radius 1 is 1.48 bits per heavy atom. The van der Waals surface area contributed by atoms with E-state index in [1.54, 1.807) is 23.3 Å². The van der Waals surface area contributed by atoms with Crippen LogP contribution in [0.3, 0.4) is 0 Å². The maximum absolute atomic E-state index is 12.5. The van der Waals surface area contributed by atoms with Gasteiger partial charge in [-0.25, -0.2) is 4.98 Å². The van der Waals surface area contributed by atoms with Crippen molar-refractivity contribution in [3.05, 3.63) is 16.1 Å². The summed E-state index contributed by atoms with van der Waals surface area (Å²) in [5.41, 5.74) is 6.46. The molecular weight excluding hydrogens is 357 g/mol. The number of thiazole rings is 1. The predicted molar refractivity (Wildman–Crippen MR) is 98.5 cm³/mol. The molecule has 0 bridgehead atoms. The van der Waals surface area contributed by atoms with Crippen LogP contribution in [-0.4, -0.2) is 35.0 Å². The van der Waals surface area contributed by atoms with Crippen LogP contribution < -0.4 is 5.73 Å². The van der Waals surface area contributed by atoms with E-state index < -0.39 is 5.54 Å². The normalized spacial score (nSPS) is 17.0. The van der Waals surface area contributed by atoms with E-state index in [-0.39, 0.29) is 36.8 Å². The first kappa shape index (κ1) is 22.6. The number of rotatable bonds is 6. The van der Waals surface area contributed by atoms with Crippen molar-refractivity contribution < 1.29 is 9.53 Å². The number of aromatic nitrogens is 1. The predicted octanol–water partition coefficient (Wildman–Crippen LogP) is 3.31. The maximum atomic E-state index is 12.5. The molecule has 2 N–H and O–H groups in total. The second-order valence-corrected chi connectivity index (χ2v) is 6.69. The van der Waals surface area contributed by atoms with Crippen molar-refractivity contribution in [1.29, 1.82) is 0 Å². The minimum Gasteiger partial charge on any atom is -0.372 e. The molecule has 1 heterocycles. The SMILES string of the molecule is CCOC(C)c1nc(CN(C)C(=O)C2(N)CCCC2)cs1.Cl.Cl. The van der Waals surface area contributed by atoms with Gasteiger partial charge < -0.3 is 15.4 Å². The van der Waals surface area contributed by atoms with Crippen LogP contribution in [-0.2, 0) is 16.1 Å². The molecule has 0 saturated heterocycles. The van der Waals surface area contributed by atoms with Gasteiger partial charge in [0.2, 0.25) is 5.91 Å². The van der Waals surface area contributed by atoms with Crippen molar-refractivity contribution in [2.75, 3.05) is 13.7 Å². The van der Waals surface area contributed by atoms with E-state index in [0.717, 1.165) is 36.4 Å². The molecule has 2 rings (SSSR count). The number of likely N-dealkylation sites (N-methyl/N-ethyl adjacent to an activating group) is 1. The fraction of sp³-hybridized carbons (Fsp3) is 0.733. The lowest BCUT2D eigenvalue weighted by atomic mass is 9.97. The highest BCUT2D eigenvalue weighted by Crippen LogP contribution is 2.29. The number of amides is 1. The summed E-state index contributed by atoms with van der Waals surface area (Å²) < 4.78 is 5.54. The molecule has 1 atom stereocenters. The topological polar surface area (TPSA) is 68.5 Å². The average molecular weight is 384 g/mol. The molecule has 1 amide bonds. The number of carbonyl (C=O) groups excluding carboxylic acids is 1. The highest BCUT2D eigenvalue weighted by atomic mass is 35.5. The van der Waals surface area contributed by atoms with Crippen molar-refractivity contribution in [2.24, 2.45) is 5.73 Å². The molecule has 8 heteroatoms. The Hall–Kier alpha value is -0.400. The minimum atomic E-state index is -0.661. The standard InChI is InChI=1S/C15H25N3O2S.2ClH/c1-4-20-11(2)13-17-12(10-21-13)9-18(3)14(19)15(16)7-5-6-8-15;;/h10-11H,4-9,16H2,1-3H3;2*1H. The lowest BCUT2D eigenvalue weighted by molar-refractivity contribution is -0.136. The summed E-state index contributed by atoms with van der Waals surface area (Å²) in [6.45, 7) is 5.14. The maximum Gasteiger partial charge on any atom is 0.242 e. The van der Waals surface area contributed by atoms with Crippen LogP contribution >= 0.6 is 36.2 Å². The Labute approximate surface area is 154 Å². The largest absolute Gasteiger partial charge is 0.372 e. The van der Waals surface area contributed by atoms with Gasteiger partial charge >= 0.3 is 0 Å². The van der Waals surface area contributed by atoms with Crippen molar-refractivity contribution in [2.45, 2.75) is 57.7 Å².